The highest BCUT2D eigenvalue weighted by atomic mass is 16.6. The van der Waals surface area contributed by atoms with Crippen molar-refractivity contribution in [1.29, 1.82) is 5.26 Å². The molecule has 58 valence electrons. The predicted octanol–water partition coefficient (Wildman–Crippen LogP) is 0.604. The van der Waals surface area contributed by atoms with E-state index in [9.17, 15) is 4.79 Å². The SMILES string of the molecule is CC.CC(=O)NOCC#N. The van der Waals surface area contributed by atoms with Gasteiger partial charge in [0.25, 0.3) is 0 Å². The van der Waals surface area contributed by atoms with Crippen LogP contribution in [0, 0.1) is 11.3 Å². The van der Waals surface area contributed by atoms with Crippen LogP contribution in [0.15, 0.2) is 0 Å². The molecule has 0 saturated carbocycles. The summed E-state index contributed by atoms with van der Waals surface area (Å²) in [5.74, 6) is -0.305. The minimum Gasteiger partial charge on any atom is -0.273 e. The van der Waals surface area contributed by atoms with Crippen molar-refractivity contribution in [2.75, 3.05) is 6.61 Å². The lowest BCUT2D eigenvalue weighted by Gasteiger charge is -1.93. The van der Waals surface area contributed by atoms with Gasteiger partial charge in [-0.15, -0.1) is 0 Å². The summed E-state index contributed by atoms with van der Waals surface area (Å²) in [4.78, 5) is 14.3. The Morgan fingerprint density at radius 2 is 2.20 bits per heavy atom. The van der Waals surface area contributed by atoms with E-state index >= 15 is 0 Å². The van der Waals surface area contributed by atoms with E-state index < -0.39 is 0 Å². The number of amides is 1. The van der Waals surface area contributed by atoms with Gasteiger partial charge in [0, 0.05) is 6.92 Å². The average molecular weight is 144 g/mol. The van der Waals surface area contributed by atoms with Crippen molar-refractivity contribution in [1.82, 2.24) is 5.48 Å². The van der Waals surface area contributed by atoms with Gasteiger partial charge >= 0.3 is 0 Å². The fourth-order valence-corrected chi connectivity index (χ4v) is 0.170. The molecule has 0 aliphatic carbocycles. The maximum absolute atomic E-state index is 9.97. The number of hydrogen-bond acceptors (Lipinski definition) is 3. The summed E-state index contributed by atoms with van der Waals surface area (Å²) in [6, 6.07) is 1.69. The quantitative estimate of drug-likeness (QED) is 0.456. The van der Waals surface area contributed by atoms with Gasteiger partial charge in [0.05, 0.1) is 6.07 Å². The number of carbonyl (C=O) groups excluding carboxylic acids is 1. The van der Waals surface area contributed by atoms with Gasteiger partial charge in [0.2, 0.25) is 5.91 Å². The normalized spacial score (nSPS) is 6.60. The van der Waals surface area contributed by atoms with E-state index in [0.717, 1.165) is 0 Å². The Labute approximate surface area is 60.7 Å². The molecule has 0 unspecified atom stereocenters. The van der Waals surface area contributed by atoms with Crippen molar-refractivity contribution in [2.45, 2.75) is 20.8 Å². The Morgan fingerprint density at radius 1 is 1.70 bits per heavy atom. The molecule has 0 fully saturated rings. The van der Waals surface area contributed by atoms with E-state index in [1.165, 1.54) is 6.92 Å². The van der Waals surface area contributed by atoms with Crippen LogP contribution in [0.5, 0.6) is 0 Å². The predicted molar refractivity (Wildman–Crippen MR) is 36.7 cm³/mol. The highest BCUT2D eigenvalue weighted by molar-refractivity contribution is 5.71. The highest BCUT2D eigenvalue weighted by Crippen LogP contribution is 1.62. The number of nitrogens with zero attached hydrogens (tertiary/aromatic N) is 1. The lowest BCUT2D eigenvalue weighted by Crippen LogP contribution is -2.20. The molecule has 0 rings (SSSR count). The van der Waals surface area contributed by atoms with Crippen LogP contribution in [0.3, 0.4) is 0 Å². The fraction of sp³-hybridized carbons (Fsp3) is 0.667. The largest absolute Gasteiger partial charge is 0.273 e. The first-order chi connectivity index (χ1) is 4.77. The van der Waals surface area contributed by atoms with Crippen molar-refractivity contribution in [3.63, 3.8) is 0 Å². The van der Waals surface area contributed by atoms with Crippen LogP contribution in [0.1, 0.15) is 20.8 Å². The number of rotatable bonds is 2. The second-order valence-corrected chi connectivity index (χ2v) is 1.11. The zero-order valence-corrected chi connectivity index (χ0v) is 6.47. The number of hydroxylamine groups is 1. The van der Waals surface area contributed by atoms with Gasteiger partial charge in [-0.25, -0.2) is 5.48 Å². The van der Waals surface area contributed by atoms with Crippen LogP contribution in [0.4, 0.5) is 0 Å². The molecule has 0 radical (unpaired) electrons. The topological polar surface area (TPSA) is 62.1 Å². The minimum atomic E-state index is -0.305. The van der Waals surface area contributed by atoms with Gasteiger partial charge in [-0.05, 0) is 0 Å². The standard InChI is InChI=1S/C4H6N2O2.C2H6/c1-4(7)6-8-3-2-5;1-2/h3H2,1H3,(H,6,7);1-2H3. The van der Waals surface area contributed by atoms with Crippen molar-refractivity contribution in [3.05, 3.63) is 0 Å². The van der Waals surface area contributed by atoms with E-state index in [4.69, 9.17) is 5.26 Å². The Morgan fingerprint density at radius 3 is 2.50 bits per heavy atom. The maximum atomic E-state index is 9.97. The summed E-state index contributed by atoms with van der Waals surface area (Å²) in [6.07, 6.45) is 0. The molecule has 0 aromatic carbocycles. The van der Waals surface area contributed by atoms with Crippen LogP contribution in [0.25, 0.3) is 0 Å². The fourth-order valence-electron chi connectivity index (χ4n) is 0.170. The Kier molecular flexibility index (Phi) is 12.6. The summed E-state index contributed by atoms with van der Waals surface area (Å²) < 4.78 is 0. The molecular formula is C6H12N2O2. The third kappa shape index (κ3) is 15.8. The van der Waals surface area contributed by atoms with E-state index in [0.29, 0.717) is 0 Å². The second kappa shape index (κ2) is 10.8. The molecule has 0 spiro atoms. The molecule has 0 aliphatic heterocycles. The van der Waals surface area contributed by atoms with E-state index in [1.807, 2.05) is 19.3 Å². The Bertz CT molecular complexity index is 117. The average Bonchev–Trinajstić information content (AvgIpc) is 1.92. The molecule has 1 N–H and O–H groups in total. The van der Waals surface area contributed by atoms with Crippen LogP contribution < -0.4 is 5.48 Å². The summed E-state index contributed by atoms with van der Waals surface area (Å²) in [5, 5.41) is 7.85. The number of carbonyl (C=O) groups is 1. The molecule has 0 saturated heterocycles. The Hall–Kier alpha value is -1.08. The van der Waals surface area contributed by atoms with Gasteiger partial charge in [0.1, 0.15) is 0 Å². The highest BCUT2D eigenvalue weighted by Gasteiger charge is 1.85. The van der Waals surface area contributed by atoms with Crippen LogP contribution >= 0.6 is 0 Å². The zero-order chi connectivity index (χ0) is 8.41. The lowest BCUT2D eigenvalue weighted by molar-refractivity contribution is -0.130. The van der Waals surface area contributed by atoms with Crippen molar-refractivity contribution >= 4 is 5.91 Å². The molecule has 0 bridgehead atoms. The first-order valence-corrected chi connectivity index (χ1v) is 3.02. The molecule has 1 amide bonds. The first kappa shape index (κ1) is 11.7. The minimum absolute atomic E-state index is 0.112. The van der Waals surface area contributed by atoms with E-state index in [-0.39, 0.29) is 12.5 Å². The molecular weight excluding hydrogens is 132 g/mol. The maximum Gasteiger partial charge on any atom is 0.240 e. The smallest absolute Gasteiger partial charge is 0.240 e. The van der Waals surface area contributed by atoms with E-state index in [1.54, 1.807) is 6.07 Å². The first-order valence-electron chi connectivity index (χ1n) is 3.02. The van der Waals surface area contributed by atoms with Crippen LogP contribution in [-0.4, -0.2) is 12.5 Å². The summed E-state index contributed by atoms with van der Waals surface area (Å²) in [7, 11) is 0. The number of hydrogen-bond donors (Lipinski definition) is 1. The summed E-state index contributed by atoms with van der Waals surface area (Å²) in [6.45, 7) is 5.19. The van der Waals surface area contributed by atoms with Crippen molar-refractivity contribution in [2.24, 2.45) is 0 Å². The molecule has 0 aromatic heterocycles. The zero-order valence-electron chi connectivity index (χ0n) is 6.47. The van der Waals surface area contributed by atoms with Gasteiger partial charge in [-0.2, -0.15) is 5.26 Å². The number of nitriles is 1. The van der Waals surface area contributed by atoms with Gasteiger partial charge in [-0.1, -0.05) is 13.8 Å². The summed E-state index contributed by atoms with van der Waals surface area (Å²) >= 11 is 0. The molecule has 0 aliphatic rings. The monoisotopic (exact) mass is 144 g/mol. The molecule has 4 heteroatoms. The van der Waals surface area contributed by atoms with Crippen LogP contribution in [-0.2, 0) is 9.63 Å². The van der Waals surface area contributed by atoms with Crippen molar-refractivity contribution in [3.8, 4) is 6.07 Å². The Balaban J connectivity index is 0. The second-order valence-electron chi connectivity index (χ2n) is 1.11. The molecule has 0 aromatic rings. The molecule has 4 nitrogen and oxygen atoms in total. The van der Waals surface area contributed by atoms with Gasteiger partial charge < -0.3 is 0 Å². The third-order valence-electron chi connectivity index (χ3n) is 0.353. The van der Waals surface area contributed by atoms with Gasteiger partial charge in [-0.3, -0.25) is 9.63 Å². The number of nitrogens with one attached hydrogen (secondary N) is 1. The summed E-state index contributed by atoms with van der Waals surface area (Å²) in [5.41, 5.74) is 1.98. The third-order valence-corrected chi connectivity index (χ3v) is 0.353. The molecule has 0 heterocycles. The van der Waals surface area contributed by atoms with Crippen LogP contribution in [0.2, 0.25) is 0 Å². The molecule has 0 atom stereocenters. The van der Waals surface area contributed by atoms with E-state index in [2.05, 4.69) is 4.84 Å². The lowest BCUT2D eigenvalue weighted by atomic mass is 10.8. The van der Waals surface area contributed by atoms with Gasteiger partial charge in [0.15, 0.2) is 6.61 Å². The van der Waals surface area contributed by atoms with Crippen molar-refractivity contribution < 1.29 is 9.63 Å². The molecule has 10 heavy (non-hydrogen) atoms.